The number of nitrogens with zero attached hydrogens (tertiary/aromatic N) is 1. The third kappa shape index (κ3) is 4.21. The van der Waals surface area contributed by atoms with Crippen molar-refractivity contribution < 1.29 is 24.2 Å². The van der Waals surface area contributed by atoms with E-state index < -0.39 is 23.5 Å². The summed E-state index contributed by atoms with van der Waals surface area (Å²) in [5, 5.41) is 9.94. The summed E-state index contributed by atoms with van der Waals surface area (Å²) in [6.07, 6.45) is 3.96. The summed E-state index contributed by atoms with van der Waals surface area (Å²) in [7, 11) is 1.52. The molecule has 0 unspecified atom stereocenters. The minimum absolute atomic E-state index is 0.0762. The van der Waals surface area contributed by atoms with Gasteiger partial charge in [-0.2, -0.15) is 0 Å². The number of pyridine rings is 1. The maximum atomic E-state index is 12.9. The first kappa shape index (κ1) is 20.7. The zero-order valence-corrected chi connectivity index (χ0v) is 16.7. The lowest BCUT2D eigenvalue weighted by Gasteiger charge is -2.21. The third-order valence-corrected chi connectivity index (χ3v) is 5.18. The second-order valence-electron chi connectivity index (χ2n) is 7.12. The van der Waals surface area contributed by atoms with Gasteiger partial charge in [-0.15, -0.1) is 0 Å². The fourth-order valence-corrected chi connectivity index (χ4v) is 3.64. The molecule has 2 heterocycles. The number of methoxy groups -OCH3 is 1. The zero-order valence-electron chi connectivity index (χ0n) is 16.7. The summed E-state index contributed by atoms with van der Waals surface area (Å²) in [6.45, 7) is 2.91. The summed E-state index contributed by atoms with van der Waals surface area (Å²) in [6, 6.07) is 4.05. The molecular weight excluding hydrogens is 376 g/mol. The van der Waals surface area contributed by atoms with Crippen LogP contribution < -0.4 is 15.0 Å². The van der Waals surface area contributed by atoms with Gasteiger partial charge in [-0.3, -0.25) is 9.59 Å². The highest BCUT2D eigenvalue weighted by Crippen LogP contribution is 2.34. The lowest BCUT2D eigenvalue weighted by Crippen LogP contribution is -2.42. The Bertz CT molecular complexity index is 968. The van der Waals surface area contributed by atoms with E-state index in [-0.39, 0.29) is 5.56 Å². The number of aromatic nitrogens is 1. The first-order chi connectivity index (χ1) is 14.0. The molecule has 156 valence electrons. The molecule has 2 N–H and O–H groups in total. The number of aliphatic carboxylic acids is 1. The number of unbranched alkanes of at least 4 members (excludes halogenated alkanes) is 2. The summed E-state index contributed by atoms with van der Waals surface area (Å²) in [5.74, 6) is -0.698. The fourth-order valence-electron chi connectivity index (χ4n) is 3.64. The van der Waals surface area contributed by atoms with Crippen molar-refractivity contribution in [3.05, 3.63) is 34.1 Å². The van der Waals surface area contributed by atoms with Gasteiger partial charge in [0.25, 0.3) is 11.5 Å². The topological polar surface area (TPSA) is 109 Å². The highest BCUT2D eigenvalue weighted by molar-refractivity contribution is 6.00. The molecule has 1 aliphatic rings. The number of carboxylic acids is 1. The number of hydrogen-bond donors (Lipinski definition) is 2. The monoisotopic (exact) mass is 402 g/mol. The van der Waals surface area contributed by atoms with Crippen LogP contribution in [0.1, 0.15) is 49.4 Å². The number of carboxylic acid groups (broad SMARTS) is 1. The number of carbonyl (C=O) groups excluding carboxylic acids is 1. The van der Waals surface area contributed by atoms with Crippen LogP contribution >= 0.6 is 0 Å². The fraction of sp³-hybridized carbons (Fsp3) is 0.476. The second-order valence-corrected chi connectivity index (χ2v) is 7.12. The maximum Gasteiger partial charge on any atom is 0.326 e. The second kappa shape index (κ2) is 8.98. The molecule has 1 aromatic heterocycles. The van der Waals surface area contributed by atoms with E-state index >= 15 is 0 Å². The predicted molar refractivity (Wildman–Crippen MR) is 108 cm³/mol. The molecule has 1 atom stereocenters. The molecular formula is C21H26N2O6. The van der Waals surface area contributed by atoms with Gasteiger partial charge in [-0.05, 0) is 37.5 Å². The Morgan fingerprint density at radius 1 is 1.31 bits per heavy atom. The van der Waals surface area contributed by atoms with Crippen LogP contribution in [0.25, 0.3) is 10.9 Å². The van der Waals surface area contributed by atoms with Crippen molar-refractivity contribution in [2.75, 3.05) is 20.3 Å². The van der Waals surface area contributed by atoms with Crippen LogP contribution in [0, 0.1) is 0 Å². The smallest absolute Gasteiger partial charge is 0.326 e. The van der Waals surface area contributed by atoms with Crippen molar-refractivity contribution in [2.24, 2.45) is 0 Å². The van der Waals surface area contributed by atoms with E-state index in [2.05, 4.69) is 11.9 Å². The number of aromatic amines is 1. The van der Waals surface area contributed by atoms with Crippen molar-refractivity contribution in [3.8, 4) is 11.5 Å². The minimum atomic E-state index is -1.06. The third-order valence-electron chi connectivity index (χ3n) is 5.18. The van der Waals surface area contributed by atoms with Crippen molar-refractivity contribution >= 4 is 22.8 Å². The molecule has 2 aromatic rings. The van der Waals surface area contributed by atoms with Crippen LogP contribution in [0.4, 0.5) is 0 Å². The van der Waals surface area contributed by atoms with Crippen LogP contribution in [0.5, 0.6) is 11.5 Å². The van der Waals surface area contributed by atoms with Crippen LogP contribution in [0.15, 0.2) is 23.0 Å². The molecule has 0 bridgehead atoms. The maximum absolute atomic E-state index is 12.9. The van der Waals surface area contributed by atoms with E-state index in [1.54, 1.807) is 12.1 Å². The van der Waals surface area contributed by atoms with Crippen LogP contribution in [0.3, 0.4) is 0 Å². The summed E-state index contributed by atoms with van der Waals surface area (Å²) in [5.41, 5.74) is -0.198. The van der Waals surface area contributed by atoms with Gasteiger partial charge in [-0.25, -0.2) is 4.79 Å². The number of fused-ring (bicyclic) bond motifs is 1. The molecule has 8 heteroatoms. The molecule has 1 aliphatic heterocycles. The number of benzene rings is 1. The Kier molecular flexibility index (Phi) is 6.41. The molecule has 0 saturated carbocycles. The van der Waals surface area contributed by atoms with Crippen molar-refractivity contribution in [1.29, 1.82) is 0 Å². The molecule has 3 rings (SSSR count). The van der Waals surface area contributed by atoms with Gasteiger partial charge in [0.05, 0.1) is 19.2 Å². The first-order valence-electron chi connectivity index (χ1n) is 9.88. The Balaban J connectivity index is 1.98. The molecule has 8 nitrogen and oxygen atoms in total. The van der Waals surface area contributed by atoms with E-state index in [1.165, 1.54) is 18.1 Å². The Morgan fingerprint density at radius 3 is 2.79 bits per heavy atom. The lowest BCUT2D eigenvalue weighted by molar-refractivity contribution is -0.141. The SMILES string of the molecule is CCCCCOc1c(OC)ccc2cc(C(=O)N3CCC[C@@H]3C(=O)O)c(=O)[nH]c12. The van der Waals surface area contributed by atoms with Gasteiger partial charge >= 0.3 is 5.97 Å². The van der Waals surface area contributed by atoms with Crippen LogP contribution in [-0.2, 0) is 4.79 Å². The number of hydrogen-bond acceptors (Lipinski definition) is 5. The van der Waals surface area contributed by atoms with E-state index in [0.29, 0.717) is 48.4 Å². The molecule has 1 aromatic carbocycles. The van der Waals surface area contributed by atoms with Crippen molar-refractivity contribution in [1.82, 2.24) is 9.88 Å². The van der Waals surface area contributed by atoms with E-state index in [1.807, 2.05) is 0 Å². The van der Waals surface area contributed by atoms with Gasteiger partial charge in [-0.1, -0.05) is 19.8 Å². The van der Waals surface area contributed by atoms with Gasteiger partial charge in [0.1, 0.15) is 11.6 Å². The standard InChI is InChI=1S/C21H26N2O6/c1-3-4-5-11-29-18-16(28-2)9-8-13-12-14(19(24)22-17(13)18)20(25)23-10-6-7-15(23)21(26)27/h8-9,12,15H,3-7,10-11H2,1-2H3,(H,22,24)(H,26,27)/t15-/m1/s1. The molecule has 29 heavy (non-hydrogen) atoms. The number of carbonyl (C=O) groups is 2. The summed E-state index contributed by atoms with van der Waals surface area (Å²) in [4.78, 5) is 40.9. The Morgan fingerprint density at radius 2 is 2.10 bits per heavy atom. The van der Waals surface area contributed by atoms with E-state index in [0.717, 1.165) is 19.3 Å². The van der Waals surface area contributed by atoms with Gasteiger partial charge in [0.15, 0.2) is 11.5 Å². The van der Waals surface area contributed by atoms with Crippen molar-refractivity contribution in [3.63, 3.8) is 0 Å². The average Bonchev–Trinajstić information content (AvgIpc) is 3.20. The van der Waals surface area contributed by atoms with Gasteiger partial charge in [0.2, 0.25) is 0 Å². The van der Waals surface area contributed by atoms with Gasteiger partial charge < -0.3 is 24.5 Å². The average molecular weight is 402 g/mol. The molecule has 1 saturated heterocycles. The normalized spacial score (nSPS) is 16.2. The highest BCUT2D eigenvalue weighted by Gasteiger charge is 2.35. The molecule has 1 fully saturated rings. The predicted octanol–water partition coefficient (Wildman–Crippen LogP) is 2.79. The van der Waals surface area contributed by atoms with Crippen LogP contribution in [0.2, 0.25) is 0 Å². The minimum Gasteiger partial charge on any atom is -0.493 e. The number of ether oxygens (including phenoxy) is 2. The number of amides is 1. The summed E-state index contributed by atoms with van der Waals surface area (Å²) >= 11 is 0. The van der Waals surface area contributed by atoms with Crippen molar-refractivity contribution in [2.45, 2.75) is 45.1 Å². The molecule has 0 spiro atoms. The zero-order chi connectivity index (χ0) is 21.0. The van der Waals surface area contributed by atoms with Crippen LogP contribution in [-0.4, -0.2) is 53.2 Å². The lowest BCUT2D eigenvalue weighted by atomic mass is 10.1. The van der Waals surface area contributed by atoms with E-state index in [9.17, 15) is 19.5 Å². The number of nitrogens with one attached hydrogen (secondary N) is 1. The first-order valence-corrected chi connectivity index (χ1v) is 9.88. The Labute approximate surface area is 168 Å². The number of H-pyrrole nitrogens is 1. The quantitative estimate of drug-likeness (QED) is 0.657. The highest BCUT2D eigenvalue weighted by atomic mass is 16.5. The molecule has 0 aliphatic carbocycles. The van der Waals surface area contributed by atoms with E-state index in [4.69, 9.17) is 9.47 Å². The van der Waals surface area contributed by atoms with Gasteiger partial charge in [0, 0.05) is 11.9 Å². The number of rotatable bonds is 8. The molecule has 1 amide bonds. The summed E-state index contributed by atoms with van der Waals surface area (Å²) < 4.78 is 11.2. The largest absolute Gasteiger partial charge is 0.493 e. The number of likely N-dealkylation sites (tertiary alicyclic amines) is 1. The Hall–Kier alpha value is -3.03. The molecule has 0 radical (unpaired) electrons.